The molecule has 4 nitrogen and oxygen atoms in total. The maximum absolute atomic E-state index is 13.3. The molecule has 176 valence electrons. The predicted molar refractivity (Wildman–Crippen MR) is 147 cm³/mol. The summed E-state index contributed by atoms with van der Waals surface area (Å²) >= 11 is 3.16. The highest BCUT2D eigenvalue weighted by molar-refractivity contribution is 8.00. The summed E-state index contributed by atoms with van der Waals surface area (Å²) in [5, 5.41) is 1.88. The van der Waals surface area contributed by atoms with Crippen LogP contribution in [0.4, 0.5) is 0 Å². The number of benzene rings is 2. The third-order valence-corrected chi connectivity index (χ3v) is 8.42. The molecule has 0 unspecified atom stereocenters. The van der Waals surface area contributed by atoms with E-state index in [2.05, 4.69) is 71.7 Å². The van der Waals surface area contributed by atoms with Gasteiger partial charge >= 0.3 is 0 Å². The average molecular weight is 498 g/mol. The molecule has 0 saturated carbocycles. The van der Waals surface area contributed by atoms with Gasteiger partial charge in [-0.25, -0.2) is 9.97 Å². The minimum Gasteiger partial charge on any atom is -0.318 e. The second kappa shape index (κ2) is 9.44. The van der Waals surface area contributed by atoms with Gasteiger partial charge in [0.25, 0.3) is 0 Å². The molecule has 5 rings (SSSR count). The number of Topliss-reactive ketones (excluding diaryl/α,β-unsaturated/α-hetero) is 1. The number of aromatic nitrogens is 3. The Bertz CT molecular complexity index is 1560. The largest absolute Gasteiger partial charge is 0.318 e. The lowest BCUT2D eigenvalue weighted by Gasteiger charge is -2.12. The fourth-order valence-corrected chi connectivity index (χ4v) is 6.45. The van der Waals surface area contributed by atoms with Crippen LogP contribution in [0.1, 0.15) is 38.7 Å². The lowest BCUT2D eigenvalue weighted by molar-refractivity contribution is 0.102. The first-order valence-corrected chi connectivity index (χ1v) is 13.4. The maximum Gasteiger partial charge on any atom is 0.174 e. The third-order valence-electron chi connectivity index (χ3n) is 6.35. The van der Waals surface area contributed by atoms with Crippen molar-refractivity contribution in [2.45, 2.75) is 39.6 Å². The van der Waals surface area contributed by atoms with Gasteiger partial charge in [0, 0.05) is 32.9 Å². The Morgan fingerprint density at radius 2 is 1.69 bits per heavy atom. The van der Waals surface area contributed by atoms with Gasteiger partial charge < -0.3 is 4.57 Å². The number of thioether (sulfide) groups is 1. The van der Waals surface area contributed by atoms with E-state index in [1.807, 2.05) is 38.1 Å². The molecule has 0 spiro atoms. The van der Waals surface area contributed by atoms with Crippen molar-refractivity contribution in [1.29, 1.82) is 0 Å². The van der Waals surface area contributed by atoms with E-state index in [1.165, 1.54) is 28.5 Å². The molecule has 0 saturated heterocycles. The highest BCUT2D eigenvalue weighted by Gasteiger charge is 2.19. The van der Waals surface area contributed by atoms with Crippen LogP contribution >= 0.6 is 23.1 Å². The van der Waals surface area contributed by atoms with Gasteiger partial charge in [0.15, 0.2) is 5.78 Å². The molecule has 0 bridgehead atoms. The van der Waals surface area contributed by atoms with Crippen molar-refractivity contribution in [3.8, 4) is 16.1 Å². The Kier molecular flexibility index (Phi) is 6.34. The molecule has 5 aromatic rings. The van der Waals surface area contributed by atoms with Crippen LogP contribution in [0.25, 0.3) is 26.3 Å². The van der Waals surface area contributed by atoms with E-state index in [4.69, 9.17) is 0 Å². The normalized spacial score (nSPS) is 11.3. The number of hydrogen-bond acceptors (Lipinski definition) is 5. The van der Waals surface area contributed by atoms with Gasteiger partial charge in [0.1, 0.15) is 15.7 Å². The van der Waals surface area contributed by atoms with Gasteiger partial charge in [-0.1, -0.05) is 48.2 Å². The first-order chi connectivity index (χ1) is 16.8. The quantitative estimate of drug-likeness (QED) is 0.137. The number of carbonyl (C=O) groups is 1. The second-order valence-corrected chi connectivity index (χ2v) is 10.9. The van der Waals surface area contributed by atoms with Crippen molar-refractivity contribution in [3.63, 3.8) is 0 Å². The molecule has 3 aromatic heterocycles. The number of ketones is 1. The third kappa shape index (κ3) is 4.56. The Labute approximate surface area is 214 Å². The highest BCUT2D eigenvalue weighted by atomic mass is 32.2. The van der Waals surface area contributed by atoms with Crippen LogP contribution in [-0.2, 0) is 0 Å². The SMILES string of the molecule is Cc1nc(SCC(=O)c2cc(C)n(-c3ccc(C)c(C)c3)c2C)c2cc(-c3ccccc3)sc2n1. The van der Waals surface area contributed by atoms with E-state index in [1.54, 1.807) is 11.3 Å². The molecule has 0 aliphatic carbocycles. The molecular formula is C29H27N3OS2. The van der Waals surface area contributed by atoms with E-state index in [-0.39, 0.29) is 5.78 Å². The second-order valence-electron chi connectivity index (χ2n) is 8.87. The van der Waals surface area contributed by atoms with Gasteiger partial charge in [0.05, 0.1) is 5.75 Å². The van der Waals surface area contributed by atoms with Gasteiger partial charge in [-0.2, -0.15) is 0 Å². The number of hydrogen-bond donors (Lipinski definition) is 0. The van der Waals surface area contributed by atoms with E-state index in [9.17, 15) is 4.79 Å². The summed E-state index contributed by atoms with van der Waals surface area (Å²) < 4.78 is 2.17. The smallest absolute Gasteiger partial charge is 0.174 e. The van der Waals surface area contributed by atoms with Crippen LogP contribution in [0.15, 0.2) is 65.7 Å². The van der Waals surface area contributed by atoms with Gasteiger partial charge in [-0.15, -0.1) is 11.3 Å². The average Bonchev–Trinajstić information content (AvgIpc) is 3.40. The van der Waals surface area contributed by atoms with Gasteiger partial charge in [0.2, 0.25) is 0 Å². The predicted octanol–water partition coefficient (Wildman–Crippen LogP) is 7.67. The molecular weight excluding hydrogens is 470 g/mol. The number of nitrogens with zero attached hydrogens (tertiary/aromatic N) is 3. The minimum atomic E-state index is 0.112. The fourth-order valence-electron chi connectivity index (χ4n) is 4.37. The number of rotatable bonds is 6. The zero-order valence-corrected chi connectivity index (χ0v) is 22.2. The van der Waals surface area contributed by atoms with Crippen molar-refractivity contribution in [2.75, 3.05) is 5.75 Å². The van der Waals surface area contributed by atoms with E-state index >= 15 is 0 Å². The Morgan fingerprint density at radius 3 is 2.43 bits per heavy atom. The molecule has 0 atom stereocenters. The van der Waals surface area contributed by atoms with Crippen molar-refractivity contribution in [2.24, 2.45) is 0 Å². The number of thiophene rings is 1. The van der Waals surface area contributed by atoms with Crippen LogP contribution in [0.2, 0.25) is 0 Å². The van der Waals surface area contributed by atoms with Gasteiger partial charge in [-0.3, -0.25) is 4.79 Å². The zero-order chi connectivity index (χ0) is 24.7. The van der Waals surface area contributed by atoms with Crippen LogP contribution in [-0.4, -0.2) is 26.1 Å². The number of carbonyl (C=O) groups excluding carboxylic acids is 1. The van der Waals surface area contributed by atoms with Crippen molar-refractivity contribution < 1.29 is 4.79 Å². The summed E-state index contributed by atoms with van der Waals surface area (Å²) in [6, 6.07) is 20.9. The lowest BCUT2D eigenvalue weighted by atomic mass is 10.1. The first-order valence-electron chi connectivity index (χ1n) is 11.6. The molecule has 0 radical (unpaired) electrons. The molecule has 0 N–H and O–H groups in total. The summed E-state index contributed by atoms with van der Waals surface area (Å²) in [6.07, 6.45) is 0. The van der Waals surface area contributed by atoms with Gasteiger partial charge in [-0.05, 0) is 75.6 Å². The van der Waals surface area contributed by atoms with Crippen LogP contribution in [0, 0.1) is 34.6 Å². The Hall–Kier alpha value is -3.22. The molecule has 0 amide bonds. The summed E-state index contributed by atoms with van der Waals surface area (Å²) in [5.41, 5.74) is 7.57. The monoisotopic (exact) mass is 497 g/mol. The van der Waals surface area contributed by atoms with E-state index in [0.29, 0.717) is 5.75 Å². The number of aryl methyl sites for hydroxylation is 4. The van der Waals surface area contributed by atoms with Crippen molar-refractivity contribution in [1.82, 2.24) is 14.5 Å². The summed E-state index contributed by atoms with van der Waals surface area (Å²) in [7, 11) is 0. The maximum atomic E-state index is 13.3. The fraction of sp³-hybridized carbons (Fsp3) is 0.207. The molecule has 0 aliphatic rings. The molecule has 0 aliphatic heterocycles. The molecule has 35 heavy (non-hydrogen) atoms. The Balaban J connectivity index is 1.42. The summed E-state index contributed by atoms with van der Waals surface area (Å²) in [4.78, 5) is 24.8. The Morgan fingerprint density at radius 1 is 0.914 bits per heavy atom. The zero-order valence-electron chi connectivity index (χ0n) is 20.5. The summed E-state index contributed by atoms with van der Waals surface area (Å²) in [5.74, 6) is 1.17. The molecule has 0 fully saturated rings. The lowest BCUT2D eigenvalue weighted by Crippen LogP contribution is -2.06. The van der Waals surface area contributed by atoms with Crippen LogP contribution in [0.3, 0.4) is 0 Å². The van der Waals surface area contributed by atoms with Crippen molar-refractivity contribution in [3.05, 3.63) is 94.6 Å². The van der Waals surface area contributed by atoms with E-state index in [0.717, 1.165) is 48.6 Å². The minimum absolute atomic E-state index is 0.112. The first kappa shape index (κ1) is 23.5. The standard InChI is InChI=1S/C29H27N3OS2/c1-17-11-12-23(13-18(17)2)32-19(3)14-24(20(32)4)26(33)16-34-28-25-15-27(22-9-7-6-8-10-22)35-29(25)31-21(5)30-28/h6-15H,16H2,1-5H3. The highest BCUT2D eigenvalue weighted by Crippen LogP contribution is 2.37. The molecule has 2 aromatic carbocycles. The van der Waals surface area contributed by atoms with Crippen molar-refractivity contribution >= 4 is 39.1 Å². The molecule has 3 heterocycles. The van der Waals surface area contributed by atoms with E-state index < -0.39 is 0 Å². The number of fused-ring (bicyclic) bond motifs is 1. The van der Waals surface area contributed by atoms with Crippen LogP contribution in [0.5, 0.6) is 0 Å². The topological polar surface area (TPSA) is 47.8 Å². The van der Waals surface area contributed by atoms with Crippen LogP contribution < -0.4 is 0 Å². The molecule has 6 heteroatoms. The summed E-state index contributed by atoms with van der Waals surface area (Å²) in [6.45, 7) is 10.2.